The Morgan fingerprint density at radius 1 is 1.22 bits per heavy atom. The van der Waals surface area contributed by atoms with Crippen LogP contribution in [-0.4, -0.2) is 57.9 Å². The molecule has 1 saturated heterocycles. The molecule has 1 aliphatic rings. The highest BCUT2D eigenvalue weighted by Gasteiger charge is 2.56. The van der Waals surface area contributed by atoms with Crippen LogP contribution in [0, 0.1) is 11.8 Å². The van der Waals surface area contributed by atoms with Crippen molar-refractivity contribution in [1.82, 2.24) is 9.55 Å². The van der Waals surface area contributed by atoms with Gasteiger partial charge in [-0.3, -0.25) is 18.9 Å². The Hall–Kier alpha value is -1.14. The molecule has 1 aliphatic heterocycles. The van der Waals surface area contributed by atoms with Gasteiger partial charge in [0.2, 0.25) is 0 Å². The summed E-state index contributed by atoms with van der Waals surface area (Å²) < 4.78 is 51.6. The maximum Gasteiger partial charge on any atom is 0.490 e. The van der Waals surface area contributed by atoms with Crippen molar-refractivity contribution < 1.29 is 56.3 Å². The Bertz CT molecular complexity index is 1180. The second-order valence-electron chi connectivity index (χ2n) is 6.02. The smallest absolute Gasteiger partial charge is 0.387 e. The zero-order valence-corrected chi connectivity index (χ0v) is 19.1. The third-order valence-corrected chi connectivity index (χ3v) is 7.99. The van der Waals surface area contributed by atoms with Crippen LogP contribution in [0.25, 0.3) is 0 Å². The monoisotopic (exact) mass is 540 g/mol. The second kappa shape index (κ2) is 9.61. The van der Waals surface area contributed by atoms with Crippen LogP contribution >= 0.6 is 35.1 Å². The molecule has 0 aliphatic carbocycles. The van der Waals surface area contributed by atoms with Gasteiger partial charge in [0.15, 0.2) is 11.1 Å². The minimum absolute atomic E-state index is 0.740. The standard InChI is InChI=1S/C12H16ClN2O14P3/c1-2-4-12(13)9(17)7(27-10(12)15-5-3-8(16)14-11(15)18)6-26-31(22,23)29-32(24,25)28-30(19,20)21/h3,5,7,9-10,17H,6H2,1H3,(H,22,23)(H,24,25)(H,14,16,18)(H2,19,20,21)/t7-,9+,10-,12?/m1/s1. The van der Waals surface area contributed by atoms with Crippen molar-refractivity contribution in [2.75, 3.05) is 6.61 Å². The second-order valence-corrected chi connectivity index (χ2v) is 11.1. The Morgan fingerprint density at radius 2 is 1.84 bits per heavy atom. The molecule has 1 fully saturated rings. The summed E-state index contributed by atoms with van der Waals surface area (Å²) in [6.45, 7) is 0.308. The maximum atomic E-state index is 12.1. The molecular formula is C12H16ClN2O14P3. The van der Waals surface area contributed by atoms with Crippen molar-refractivity contribution in [3.05, 3.63) is 33.1 Å². The fourth-order valence-corrected chi connectivity index (χ4v) is 5.99. The molecule has 6 N–H and O–H groups in total. The van der Waals surface area contributed by atoms with Crippen molar-refractivity contribution in [1.29, 1.82) is 0 Å². The summed E-state index contributed by atoms with van der Waals surface area (Å²) in [5, 5.41) is 10.5. The van der Waals surface area contributed by atoms with E-state index in [0.717, 1.165) is 16.8 Å². The molecule has 20 heteroatoms. The third-order valence-electron chi connectivity index (χ3n) is 3.68. The number of aromatic nitrogens is 2. The number of nitrogens with zero attached hydrogens (tertiary/aromatic N) is 1. The summed E-state index contributed by atoms with van der Waals surface area (Å²) in [4.78, 5) is 59.0. The minimum atomic E-state index is -5.75. The Labute approximate surface area is 183 Å². The number of aliphatic hydroxyl groups is 1. The highest BCUT2D eigenvalue weighted by atomic mass is 35.5. The molecule has 16 nitrogen and oxygen atoms in total. The number of rotatable bonds is 8. The van der Waals surface area contributed by atoms with Crippen LogP contribution in [0.4, 0.5) is 0 Å². The molecule has 2 rings (SSSR count). The lowest BCUT2D eigenvalue weighted by Gasteiger charge is -2.25. The summed E-state index contributed by atoms with van der Waals surface area (Å²) in [6, 6.07) is 0.952. The Morgan fingerprint density at radius 3 is 2.38 bits per heavy atom. The fraction of sp³-hybridized carbons (Fsp3) is 0.500. The van der Waals surface area contributed by atoms with E-state index in [0.29, 0.717) is 0 Å². The van der Waals surface area contributed by atoms with Crippen LogP contribution in [0.15, 0.2) is 21.9 Å². The largest absolute Gasteiger partial charge is 0.490 e. The van der Waals surface area contributed by atoms with E-state index in [1.54, 1.807) is 0 Å². The van der Waals surface area contributed by atoms with Gasteiger partial charge in [-0.25, -0.2) is 18.5 Å². The van der Waals surface area contributed by atoms with E-state index in [2.05, 4.69) is 25.0 Å². The molecule has 1 aromatic heterocycles. The number of aliphatic hydroxyl groups excluding tert-OH is 1. The molecule has 6 atom stereocenters. The van der Waals surface area contributed by atoms with Crippen molar-refractivity contribution in [3.63, 3.8) is 0 Å². The van der Waals surface area contributed by atoms with Gasteiger partial charge in [-0.2, -0.15) is 8.62 Å². The minimum Gasteiger partial charge on any atom is -0.387 e. The molecule has 0 spiro atoms. The number of nitrogens with one attached hydrogen (secondary N) is 1. The first-order valence-corrected chi connectivity index (χ1v) is 13.0. The molecule has 0 amide bonds. The zero-order chi connectivity index (χ0) is 24.5. The van der Waals surface area contributed by atoms with Gasteiger partial charge < -0.3 is 29.4 Å². The van der Waals surface area contributed by atoms with Crippen molar-refractivity contribution in [3.8, 4) is 11.8 Å². The van der Waals surface area contributed by atoms with Crippen LogP contribution in [0.2, 0.25) is 0 Å². The number of aromatic amines is 1. The molecule has 1 aromatic rings. The van der Waals surface area contributed by atoms with Crippen molar-refractivity contribution in [2.24, 2.45) is 0 Å². The van der Waals surface area contributed by atoms with Gasteiger partial charge in [-0.05, 0) is 6.92 Å². The van der Waals surface area contributed by atoms with Crippen molar-refractivity contribution >= 4 is 35.1 Å². The van der Waals surface area contributed by atoms with Gasteiger partial charge in [-0.1, -0.05) is 17.5 Å². The van der Waals surface area contributed by atoms with E-state index < -0.39 is 64.6 Å². The Kier molecular flexibility index (Phi) is 8.14. The molecule has 0 saturated carbocycles. The summed E-state index contributed by atoms with van der Waals surface area (Å²) in [5.41, 5.74) is -1.72. The third kappa shape index (κ3) is 6.69. The summed E-state index contributed by atoms with van der Waals surface area (Å²) in [6.07, 6.45) is -3.90. The average Bonchev–Trinajstić information content (AvgIpc) is 2.82. The number of ether oxygens (including phenoxy) is 1. The molecule has 0 bridgehead atoms. The van der Waals surface area contributed by atoms with E-state index in [-0.39, 0.29) is 0 Å². The molecule has 0 aromatic carbocycles. The van der Waals surface area contributed by atoms with Crippen LogP contribution in [0.5, 0.6) is 0 Å². The number of phosphoric ester groups is 1. The van der Waals surface area contributed by atoms with Gasteiger partial charge in [0.25, 0.3) is 5.56 Å². The maximum absolute atomic E-state index is 12.1. The predicted octanol–water partition coefficient (Wildman–Crippen LogP) is -0.861. The lowest BCUT2D eigenvalue weighted by Crippen LogP contribution is -2.44. The topological polar surface area (TPSA) is 244 Å². The van der Waals surface area contributed by atoms with Gasteiger partial charge in [0, 0.05) is 12.3 Å². The molecule has 0 radical (unpaired) electrons. The van der Waals surface area contributed by atoms with Crippen LogP contribution in [-0.2, 0) is 31.6 Å². The predicted molar refractivity (Wildman–Crippen MR) is 103 cm³/mol. The van der Waals surface area contributed by atoms with E-state index in [4.69, 9.17) is 31.0 Å². The number of halogens is 1. The van der Waals surface area contributed by atoms with E-state index in [1.165, 1.54) is 6.92 Å². The summed E-state index contributed by atoms with van der Waals surface area (Å²) >= 11 is 6.35. The van der Waals surface area contributed by atoms with E-state index in [9.17, 15) is 33.3 Å². The normalized spacial score (nSPS) is 29.5. The molecule has 2 heterocycles. The van der Waals surface area contributed by atoms with Gasteiger partial charge in [-0.15, -0.1) is 5.92 Å². The molecule has 3 unspecified atom stereocenters. The average molecular weight is 541 g/mol. The van der Waals surface area contributed by atoms with E-state index >= 15 is 0 Å². The first kappa shape index (κ1) is 27.1. The quantitative estimate of drug-likeness (QED) is 0.133. The fourth-order valence-electron chi connectivity index (χ4n) is 2.56. The number of alkyl halides is 1. The lowest BCUT2D eigenvalue weighted by atomic mass is 9.99. The van der Waals surface area contributed by atoms with E-state index in [1.807, 2.05) is 4.98 Å². The van der Waals surface area contributed by atoms with Gasteiger partial charge in [0.05, 0.1) is 6.61 Å². The highest BCUT2D eigenvalue weighted by molar-refractivity contribution is 7.66. The number of phosphoric acid groups is 3. The van der Waals surface area contributed by atoms with Crippen LogP contribution in [0.1, 0.15) is 13.2 Å². The van der Waals surface area contributed by atoms with Gasteiger partial charge >= 0.3 is 29.2 Å². The van der Waals surface area contributed by atoms with Gasteiger partial charge in [0.1, 0.15) is 12.2 Å². The van der Waals surface area contributed by atoms with Crippen LogP contribution < -0.4 is 11.2 Å². The Balaban J connectivity index is 2.24. The number of hydrogen-bond acceptors (Lipinski definition) is 10. The first-order valence-electron chi connectivity index (χ1n) is 8.06. The molecule has 32 heavy (non-hydrogen) atoms. The van der Waals surface area contributed by atoms with Crippen LogP contribution in [0.3, 0.4) is 0 Å². The molecular weight excluding hydrogens is 525 g/mol. The zero-order valence-electron chi connectivity index (χ0n) is 15.7. The number of H-pyrrole nitrogens is 1. The molecule has 180 valence electrons. The number of hydrogen-bond donors (Lipinski definition) is 6. The summed E-state index contributed by atoms with van der Waals surface area (Å²) in [7, 11) is -16.8. The SMILES string of the molecule is CC#CC1(Cl)[C@@H](O)[C@@H](COP(=O)(O)OP(=O)(O)OP(=O)(O)O)O[C@H]1n1ccc(=O)[nH]c1=O. The first-order chi connectivity index (χ1) is 14.5. The highest BCUT2D eigenvalue weighted by Crippen LogP contribution is 2.66. The summed E-state index contributed by atoms with van der Waals surface area (Å²) in [5.74, 6) is 4.85. The lowest BCUT2D eigenvalue weighted by molar-refractivity contribution is -0.0455. The van der Waals surface area contributed by atoms with Crippen molar-refractivity contribution in [2.45, 2.75) is 30.2 Å².